The van der Waals surface area contributed by atoms with Gasteiger partial charge in [0.05, 0.1) is 5.54 Å². The first-order valence-corrected chi connectivity index (χ1v) is 9.50. The molecule has 3 rings (SSSR count). The van der Waals surface area contributed by atoms with Gasteiger partial charge in [-0.2, -0.15) is 0 Å². The van der Waals surface area contributed by atoms with Crippen molar-refractivity contribution in [1.82, 2.24) is 10.6 Å². The van der Waals surface area contributed by atoms with Gasteiger partial charge >= 0.3 is 0 Å². The summed E-state index contributed by atoms with van der Waals surface area (Å²) in [5, 5.41) is 6.21. The van der Waals surface area contributed by atoms with Gasteiger partial charge in [0.2, 0.25) is 11.8 Å². The fourth-order valence-electron chi connectivity index (χ4n) is 3.88. The van der Waals surface area contributed by atoms with Gasteiger partial charge in [0.1, 0.15) is 0 Å². The van der Waals surface area contributed by atoms with Crippen LogP contribution in [0.5, 0.6) is 0 Å². The molecular weight excluding hydrogens is 312 g/mol. The molecule has 1 saturated carbocycles. The van der Waals surface area contributed by atoms with E-state index >= 15 is 0 Å². The van der Waals surface area contributed by atoms with Crippen LogP contribution in [0, 0.1) is 0 Å². The molecule has 1 atom stereocenters. The molecule has 136 valence electrons. The highest BCUT2D eigenvalue weighted by atomic mass is 16.2. The Kier molecular flexibility index (Phi) is 4.90. The topological polar surface area (TPSA) is 58.2 Å². The molecule has 0 bridgehead atoms. The molecule has 1 aromatic rings. The minimum absolute atomic E-state index is 0.0124. The highest BCUT2D eigenvalue weighted by molar-refractivity contribution is 5.81. The SMILES string of the molecule is CC(C)(C)c1ccc(C2(NC(=O)CC3CCCC(=O)N3)CCC2)cc1. The van der Waals surface area contributed by atoms with Crippen LogP contribution in [0.25, 0.3) is 0 Å². The molecule has 1 aliphatic heterocycles. The second-order valence-electron chi connectivity index (χ2n) is 8.67. The smallest absolute Gasteiger partial charge is 0.222 e. The van der Waals surface area contributed by atoms with Crippen molar-refractivity contribution in [2.75, 3.05) is 0 Å². The third kappa shape index (κ3) is 4.05. The van der Waals surface area contributed by atoms with Gasteiger partial charge in [0.15, 0.2) is 0 Å². The zero-order valence-electron chi connectivity index (χ0n) is 15.7. The third-order valence-electron chi connectivity index (χ3n) is 5.64. The van der Waals surface area contributed by atoms with E-state index in [-0.39, 0.29) is 28.8 Å². The number of amides is 2. The maximum atomic E-state index is 12.6. The number of nitrogens with one attached hydrogen (secondary N) is 2. The number of hydrogen-bond acceptors (Lipinski definition) is 2. The lowest BCUT2D eigenvalue weighted by atomic mass is 9.71. The number of carbonyl (C=O) groups is 2. The van der Waals surface area contributed by atoms with Crippen molar-refractivity contribution in [1.29, 1.82) is 0 Å². The molecule has 1 aromatic carbocycles. The summed E-state index contributed by atoms with van der Waals surface area (Å²) in [5.74, 6) is 0.118. The lowest BCUT2D eigenvalue weighted by Gasteiger charge is -2.43. The van der Waals surface area contributed by atoms with Gasteiger partial charge < -0.3 is 10.6 Å². The van der Waals surface area contributed by atoms with Gasteiger partial charge in [-0.1, -0.05) is 45.0 Å². The molecule has 1 unspecified atom stereocenters. The Morgan fingerprint density at radius 2 is 1.88 bits per heavy atom. The number of hydrogen-bond donors (Lipinski definition) is 2. The average Bonchev–Trinajstić information content (AvgIpc) is 2.50. The van der Waals surface area contributed by atoms with Gasteiger partial charge in [-0.15, -0.1) is 0 Å². The van der Waals surface area contributed by atoms with Crippen LogP contribution < -0.4 is 10.6 Å². The zero-order chi connectivity index (χ0) is 18.1. The van der Waals surface area contributed by atoms with Crippen LogP contribution in [-0.4, -0.2) is 17.9 Å². The third-order valence-corrected chi connectivity index (χ3v) is 5.64. The molecule has 2 fully saturated rings. The van der Waals surface area contributed by atoms with Crippen LogP contribution in [0.4, 0.5) is 0 Å². The van der Waals surface area contributed by atoms with Gasteiger partial charge in [0.25, 0.3) is 0 Å². The fourth-order valence-corrected chi connectivity index (χ4v) is 3.88. The van der Waals surface area contributed by atoms with E-state index in [1.165, 1.54) is 11.1 Å². The van der Waals surface area contributed by atoms with E-state index in [9.17, 15) is 9.59 Å². The normalized spacial score (nSPS) is 22.7. The molecule has 1 saturated heterocycles. The zero-order valence-corrected chi connectivity index (χ0v) is 15.7. The predicted octanol–water partition coefficient (Wildman–Crippen LogP) is 3.54. The summed E-state index contributed by atoms with van der Waals surface area (Å²) < 4.78 is 0. The van der Waals surface area contributed by atoms with Crippen molar-refractivity contribution in [2.45, 2.75) is 82.7 Å². The Labute approximate surface area is 150 Å². The second kappa shape index (κ2) is 6.81. The van der Waals surface area contributed by atoms with Crippen molar-refractivity contribution < 1.29 is 9.59 Å². The predicted molar refractivity (Wildman–Crippen MR) is 99.2 cm³/mol. The first-order valence-electron chi connectivity index (χ1n) is 9.50. The van der Waals surface area contributed by atoms with E-state index in [0.29, 0.717) is 12.8 Å². The molecule has 1 aliphatic carbocycles. The van der Waals surface area contributed by atoms with Crippen molar-refractivity contribution in [3.05, 3.63) is 35.4 Å². The molecule has 25 heavy (non-hydrogen) atoms. The Balaban J connectivity index is 1.66. The maximum Gasteiger partial charge on any atom is 0.222 e. The molecule has 4 heteroatoms. The first kappa shape index (κ1) is 18.0. The molecular formula is C21H30N2O2. The van der Waals surface area contributed by atoms with E-state index < -0.39 is 0 Å². The van der Waals surface area contributed by atoms with E-state index in [1.807, 2.05) is 0 Å². The van der Waals surface area contributed by atoms with E-state index in [2.05, 4.69) is 55.7 Å². The van der Waals surface area contributed by atoms with Gasteiger partial charge in [-0.25, -0.2) is 0 Å². The number of benzene rings is 1. The second-order valence-corrected chi connectivity index (χ2v) is 8.67. The average molecular weight is 342 g/mol. The van der Waals surface area contributed by atoms with Crippen molar-refractivity contribution in [3.63, 3.8) is 0 Å². The Morgan fingerprint density at radius 3 is 2.40 bits per heavy atom. The van der Waals surface area contributed by atoms with Crippen LogP contribution >= 0.6 is 0 Å². The van der Waals surface area contributed by atoms with Crippen molar-refractivity contribution in [2.24, 2.45) is 0 Å². The number of carbonyl (C=O) groups excluding carboxylic acids is 2. The molecule has 0 spiro atoms. The van der Waals surface area contributed by atoms with Crippen LogP contribution in [0.2, 0.25) is 0 Å². The lowest BCUT2D eigenvalue weighted by Crippen LogP contribution is -2.52. The van der Waals surface area contributed by atoms with Gasteiger partial charge in [0, 0.05) is 18.9 Å². The minimum atomic E-state index is -0.216. The Morgan fingerprint density at radius 1 is 1.20 bits per heavy atom. The maximum absolute atomic E-state index is 12.6. The van der Waals surface area contributed by atoms with Crippen LogP contribution in [0.3, 0.4) is 0 Å². The van der Waals surface area contributed by atoms with Crippen molar-refractivity contribution >= 4 is 11.8 Å². The highest BCUT2D eigenvalue weighted by Crippen LogP contribution is 2.42. The monoisotopic (exact) mass is 342 g/mol. The van der Waals surface area contributed by atoms with E-state index in [1.54, 1.807) is 0 Å². The first-order chi connectivity index (χ1) is 11.8. The summed E-state index contributed by atoms with van der Waals surface area (Å²) in [4.78, 5) is 24.1. The fraction of sp³-hybridized carbons (Fsp3) is 0.619. The summed E-state index contributed by atoms with van der Waals surface area (Å²) in [6.07, 6.45) is 5.86. The molecule has 2 aliphatic rings. The van der Waals surface area contributed by atoms with E-state index in [4.69, 9.17) is 0 Å². The molecule has 4 nitrogen and oxygen atoms in total. The summed E-state index contributed by atoms with van der Waals surface area (Å²) >= 11 is 0. The largest absolute Gasteiger partial charge is 0.353 e. The van der Waals surface area contributed by atoms with Crippen LogP contribution in [0.1, 0.15) is 76.8 Å². The minimum Gasteiger partial charge on any atom is -0.353 e. The number of rotatable bonds is 4. The number of piperidine rings is 1. The standard InChI is InChI=1S/C21H30N2O2/c1-20(2,3)15-8-10-16(11-9-15)21(12-5-13-21)23-19(25)14-17-6-4-7-18(24)22-17/h8-11,17H,4-7,12-14H2,1-3H3,(H,22,24)(H,23,25). The summed E-state index contributed by atoms with van der Waals surface area (Å²) in [5.41, 5.74) is 2.43. The summed E-state index contributed by atoms with van der Waals surface area (Å²) in [7, 11) is 0. The molecule has 2 amide bonds. The molecule has 0 aromatic heterocycles. The van der Waals surface area contributed by atoms with Crippen LogP contribution in [0.15, 0.2) is 24.3 Å². The molecule has 0 radical (unpaired) electrons. The molecule has 2 N–H and O–H groups in total. The van der Waals surface area contributed by atoms with Gasteiger partial charge in [-0.3, -0.25) is 9.59 Å². The van der Waals surface area contributed by atoms with Crippen LogP contribution in [-0.2, 0) is 20.5 Å². The highest BCUT2D eigenvalue weighted by Gasteiger charge is 2.40. The van der Waals surface area contributed by atoms with E-state index in [0.717, 1.165) is 32.1 Å². The Hall–Kier alpha value is -1.84. The van der Waals surface area contributed by atoms with Gasteiger partial charge in [-0.05, 0) is 48.6 Å². The lowest BCUT2D eigenvalue weighted by molar-refractivity contribution is -0.126. The van der Waals surface area contributed by atoms with Crippen molar-refractivity contribution in [3.8, 4) is 0 Å². The summed E-state index contributed by atoms with van der Waals surface area (Å²) in [6, 6.07) is 8.69. The summed E-state index contributed by atoms with van der Waals surface area (Å²) in [6.45, 7) is 6.63. The molecule has 1 heterocycles. The Bertz CT molecular complexity index is 639. The quantitative estimate of drug-likeness (QED) is 0.879.